The minimum absolute atomic E-state index is 0.175. The summed E-state index contributed by atoms with van der Waals surface area (Å²) in [5.74, 6) is 1.53. The second-order valence-electron chi connectivity index (χ2n) is 10.5. The van der Waals surface area contributed by atoms with Crippen molar-refractivity contribution in [2.24, 2.45) is 11.8 Å². The molecule has 3 heterocycles. The van der Waals surface area contributed by atoms with Crippen LogP contribution < -0.4 is 14.5 Å². The van der Waals surface area contributed by atoms with Crippen molar-refractivity contribution < 1.29 is 18.7 Å². The first-order chi connectivity index (χ1) is 17.5. The van der Waals surface area contributed by atoms with Crippen molar-refractivity contribution >= 4 is 17.3 Å². The van der Waals surface area contributed by atoms with Crippen molar-refractivity contribution in [1.29, 1.82) is 0 Å². The van der Waals surface area contributed by atoms with Crippen LogP contribution in [0.5, 0.6) is 5.75 Å². The number of rotatable bonds is 9. The highest BCUT2D eigenvalue weighted by Crippen LogP contribution is 2.37. The summed E-state index contributed by atoms with van der Waals surface area (Å²) < 4.78 is 26.6. The van der Waals surface area contributed by atoms with Crippen LogP contribution in [-0.2, 0) is 4.74 Å². The highest BCUT2D eigenvalue weighted by Gasteiger charge is 2.42. The first kappa shape index (κ1) is 25.0. The summed E-state index contributed by atoms with van der Waals surface area (Å²) in [6.45, 7) is 8.58. The Hall–Kier alpha value is -2.64. The number of likely N-dealkylation sites (tertiary alicyclic amines) is 1. The molecule has 3 saturated heterocycles. The van der Waals surface area contributed by atoms with Crippen molar-refractivity contribution in [3.05, 3.63) is 53.8 Å². The number of hydrogen-bond acceptors (Lipinski definition) is 5. The second kappa shape index (κ2) is 11.2. The lowest BCUT2D eigenvalue weighted by Crippen LogP contribution is -2.37. The molecule has 6 nitrogen and oxygen atoms in total. The van der Waals surface area contributed by atoms with Crippen LogP contribution in [0.25, 0.3) is 0 Å². The summed E-state index contributed by atoms with van der Waals surface area (Å²) in [5, 5.41) is 0. The first-order valence-electron chi connectivity index (χ1n) is 13.4. The highest BCUT2D eigenvalue weighted by molar-refractivity contribution is 6.05. The fourth-order valence-corrected chi connectivity index (χ4v) is 5.87. The van der Waals surface area contributed by atoms with Gasteiger partial charge in [0.05, 0.1) is 18.9 Å². The molecule has 3 atom stereocenters. The minimum atomic E-state index is -0.268. The molecular formula is C29H38FN3O3. The van der Waals surface area contributed by atoms with Crippen molar-refractivity contribution in [2.75, 3.05) is 62.8 Å². The fraction of sp³-hybridized carbons (Fsp3) is 0.552. The number of anilines is 2. The van der Waals surface area contributed by atoms with Gasteiger partial charge in [0.15, 0.2) is 0 Å². The third kappa shape index (κ3) is 5.37. The summed E-state index contributed by atoms with van der Waals surface area (Å²) in [7, 11) is 1.69. The second-order valence-corrected chi connectivity index (χ2v) is 10.5. The Morgan fingerprint density at radius 3 is 2.72 bits per heavy atom. The molecule has 0 aromatic heterocycles. The number of amides is 1. The van der Waals surface area contributed by atoms with E-state index in [0.717, 1.165) is 70.8 Å². The normalized spacial score (nSPS) is 23.8. The van der Waals surface area contributed by atoms with Gasteiger partial charge in [-0.15, -0.1) is 0 Å². The molecule has 0 radical (unpaired) electrons. The summed E-state index contributed by atoms with van der Waals surface area (Å²) in [4.78, 5) is 19.3. The Balaban J connectivity index is 1.22. The van der Waals surface area contributed by atoms with E-state index in [4.69, 9.17) is 9.47 Å². The maximum atomic E-state index is 15.4. The van der Waals surface area contributed by atoms with Gasteiger partial charge in [0.2, 0.25) is 0 Å². The van der Waals surface area contributed by atoms with Crippen LogP contribution in [0.3, 0.4) is 0 Å². The maximum Gasteiger partial charge on any atom is 0.258 e. The van der Waals surface area contributed by atoms with E-state index >= 15 is 4.39 Å². The van der Waals surface area contributed by atoms with Crippen molar-refractivity contribution in [1.82, 2.24) is 4.90 Å². The minimum Gasteiger partial charge on any atom is -0.494 e. The smallest absolute Gasteiger partial charge is 0.258 e. The van der Waals surface area contributed by atoms with Gasteiger partial charge in [0.25, 0.3) is 5.91 Å². The zero-order valence-corrected chi connectivity index (χ0v) is 21.5. The highest BCUT2D eigenvalue weighted by atomic mass is 19.1. The Morgan fingerprint density at radius 1 is 1.17 bits per heavy atom. The molecule has 0 bridgehead atoms. The summed E-state index contributed by atoms with van der Waals surface area (Å²) >= 11 is 0. The van der Waals surface area contributed by atoms with Crippen LogP contribution >= 0.6 is 0 Å². The number of hydrogen-bond donors (Lipinski definition) is 0. The molecule has 36 heavy (non-hydrogen) atoms. The lowest BCUT2D eigenvalue weighted by Gasteiger charge is -2.28. The van der Waals surface area contributed by atoms with Crippen LogP contribution in [0.1, 0.15) is 43.0 Å². The number of carbonyl (C=O) groups excluding carboxylic acids is 1. The number of carbonyl (C=O) groups is 1. The van der Waals surface area contributed by atoms with E-state index in [1.165, 1.54) is 11.0 Å². The van der Waals surface area contributed by atoms with E-state index in [1.54, 1.807) is 19.2 Å². The molecule has 0 spiro atoms. The molecule has 194 valence electrons. The number of ether oxygens (including phenoxy) is 2. The van der Waals surface area contributed by atoms with E-state index < -0.39 is 0 Å². The van der Waals surface area contributed by atoms with Crippen LogP contribution in [0.4, 0.5) is 15.8 Å². The van der Waals surface area contributed by atoms with Gasteiger partial charge in [0, 0.05) is 57.1 Å². The molecule has 0 saturated carbocycles. The molecule has 2 aromatic carbocycles. The van der Waals surface area contributed by atoms with Crippen LogP contribution in [0.2, 0.25) is 0 Å². The number of benzene rings is 2. The third-order valence-electron chi connectivity index (χ3n) is 7.96. The summed E-state index contributed by atoms with van der Waals surface area (Å²) in [6.07, 6.45) is 4.32. The van der Waals surface area contributed by atoms with Crippen molar-refractivity contribution in [3.63, 3.8) is 0 Å². The number of unbranched alkanes of at least 4 members (excludes halogenated alkanes) is 1. The van der Waals surface area contributed by atoms with E-state index in [0.29, 0.717) is 41.4 Å². The van der Waals surface area contributed by atoms with Crippen LogP contribution in [0.15, 0.2) is 42.5 Å². The Bertz CT molecular complexity index is 1040. The van der Waals surface area contributed by atoms with E-state index in [1.807, 2.05) is 24.3 Å². The lowest BCUT2D eigenvalue weighted by atomic mass is 10.0. The van der Waals surface area contributed by atoms with Gasteiger partial charge in [0.1, 0.15) is 11.6 Å². The summed E-state index contributed by atoms with van der Waals surface area (Å²) in [5.41, 5.74) is 1.74. The SMILES string of the molecule is CCCCOc1ccc(C(=O)N(C)c2ccc(N3CC[C@@H]4CN(CC5CCOC5)C[C@@H]43)c(F)c2)cc1. The van der Waals surface area contributed by atoms with Crippen molar-refractivity contribution in [2.45, 2.75) is 38.6 Å². The molecule has 7 heteroatoms. The molecule has 0 aliphatic carbocycles. The van der Waals surface area contributed by atoms with Gasteiger partial charge in [-0.25, -0.2) is 4.39 Å². The molecule has 3 aliphatic heterocycles. The predicted octanol–water partition coefficient (Wildman–Crippen LogP) is 4.83. The van der Waals surface area contributed by atoms with Gasteiger partial charge in [-0.3, -0.25) is 4.79 Å². The van der Waals surface area contributed by atoms with E-state index in [9.17, 15) is 4.79 Å². The van der Waals surface area contributed by atoms with Gasteiger partial charge in [-0.1, -0.05) is 13.3 Å². The zero-order chi connectivity index (χ0) is 25.1. The molecule has 2 aromatic rings. The molecule has 1 amide bonds. The number of nitrogens with zero attached hydrogens (tertiary/aromatic N) is 3. The molecule has 5 rings (SSSR count). The molecule has 3 aliphatic rings. The standard InChI is InChI=1S/C29H38FN3O3/c1-3-4-14-36-25-8-5-22(6-9-25)29(34)31(2)24-7-10-27(26(30)16-24)33-13-11-23-18-32(19-28(23)33)17-21-12-15-35-20-21/h5-10,16,21,23,28H,3-4,11-15,17-20H2,1-2H3/t21?,23-,28+/m1/s1. The topological polar surface area (TPSA) is 45.2 Å². The van der Waals surface area contributed by atoms with E-state index in [-0.39, 0.29) is 11.7 Å². The van der Waals surface area contributed by atoms with Crippen LogP contribution in [-0.4, -0.2) is 69.9 Å². The average Bonchev–Trinajstić information content (AvgIpc) is 3.62. The average molecular weight is 496 g/mol. The quantitative estimate of drug-likeness (QED) is 0.467. The number of fused-ring (bicyclic) bond motifs is 1. The number of halogens is 1. The Labute approximate surface area is 214 Å². The van der Waals surface area contributed by atoms with Gasteiger partial charge in [-0.2, -0.15) is 0 Å². The largest absolute Gasteiger partial charge is 0.494 e. The molecule has 3 fully saturated rings. The third-order valence-corrected chi connectivity index (χ3v) is 7.96. The lowest BCUT2D eigenvalue weighted by molar-refractivity contribution is 0.0993. The molecular weight excluding hydrogens is 457 g/mol. The fourth-order valence-electron chi connectivity index (χ4n) is 5.87. The van der Waals surface area contributed by atoms with Crippen molar-refractivity contribution in [3.8, 4) is 5.75 Å². The van der Waals surface area contributed by atoms with E-state index in [2.05, 4.69) is 16.7 Å². The Kier molecular flexibility index (Phi) is 7.77. The molecule has 1 unspecified atom stereocenters. The predicted molar refractivity (Wildman–Crippen MR) is 141 cm³/mol. The monoisotopic (exact) mass is 495 g/mol. The van der Waals surface area contributed by atoms with Crippen LogP contribution in [0, 0.1) is 17.7 Å². The van der Waals surface area contributed by atoms with Gasteiger partial charge >= 0.3 is 0 Å². The molecule has 0 N–H and O–H groups in total. The first-order valence-corrected chi connectivity index (χ1v) is 13.4. The van der Waals surface area contributed by atoms with Gasteiger partial charge in [-0.05, 0) is 73.6 Å². The summed E-state index contributed by atoms with van der Waals surface area (Å²) in [6, 6.07) is 12.7. The maximum absolute atomic E-state index is 15.4. The van der Waals surface area contributed by atoms with Gasteiger partial charge < -0.3 is 24.2 Å². The zero-order valence-electron chi connectivity index (χ0n) is 21.5. The Morgan fingerprint density at radius 2 is 2.00 bits per heavy atom.